The van der Waals surface area contributed by atoms with Gasteiger partial charge >= 0.3 is 0 Å². The predicted molar refractivity (Wildman–Crippen MR) is 98.6 cm³/mol. The molecule has 0 aromatic rings. The summed E-state index contributed by atoms with van der Waals surface area (Å²) in [6.45, 7) is 7.13. The van der Waals surface area contributed by atoms with Crippen molar-refractivity contribution in [3.63, 3.8) is 0 Å². The molecule has 0 heterocycles. The molecule has 0 aliphatic heterocycles. The summed E-state index contributed by atoms with van der Waals surface area (Å²) in [4.78, 5) is 0. The van der Waals surface area contributed by atoms with Crippen molar-refractivity contribution in [2.45, 2.75) is 103 Å². The molecule has 0 saturated heterocycles. The fourth-order valence-corrected chi connectivity index (χ4v) is 9.50. The Morgan fingerprint density at radius 1 is 0.667 bits per heavy atom. The van der Waals surface area contributed by atoms with E-state index >= 15 is 0 Å². The normalized spacial score (nSPS) is 52.5. The van der Waals surface area contributed by atoms with Gasteiger partial charge in [0.05, 0.1) is 5.60 Å². The summed E-state index contributed by atoms with van der Waals surface area (Å²) in [7, 11) is 0. The second kappa shape index (κ2) is 4.81. The Morgan fingerprint density at radius 3 is 1.46 bits per heavy atom. The van der Waals surface area contributed by atoms with Crippen LogP contribution in [0.4, 0.5) is 0 Å². The zero-order valence-electron chi connectivity index (χ0n) is 16.2. The molecule has 1 unspecified atom stereocenters. The maximum Gasteiger partial charge on any atom is 0.0807 e. The molecule has 7 aliphatic carbocycles. The highest BCUT2D eigenvalue weighted by Crippen LogP contribution is 2.73. The monoisotopic (exact) mass is 330 g/mol. The van der Waals surface area contributed by atoms with Crippen molar-refractivity contribution >= 4 is 0 Å². The van der Waals surface area contributed by atoms with Crippen LogP contribution in [-0.4, -0.2) is 10.7 Å². The fourth-order valence-electron chi connectivity index (χ4n) is 9.50. The van der Waals surface area contributed by atoms with Gasteiger partial charge in [0.2, 0.25) is 0 Å². The lowest BCUT2D eigenvalue weighted by molar-refractivity contribution is -0.294. The van der Waals surface area contributed by atoms with E-state index in [0.29, 0.717) is 0 Å². The van der Waals surface area contributed by atoms with Crippen molar-refractivity contribution in [2.24, 2.45) is 39.9 Å². The second-order valence-electron chi connectivity index (χ2n) is 11.9. The SMILES string of the molecule is CC(C)(C)C(O)(C12CCC(CC1)CC2)C12CC3CC(CC(C3)C1)C2. The minimum atomic E-state index is -0.450. The largest absolute Gasteiger partial charge is 0.388 e. The topological polar surface area (TPSA) is 20.2 Å². The lowest BCUT2D eigenvalue weighted by Gasteiger charge is -2.72. The van der Waals surface area contributed by atoms with Crippen LogP contribution in [0.5, 0.6) is 0 Å². The Balaban J connectivity index is 1.63. The van der Waals surface area contributed by atoms with Crippen molar-refractivity contribution in [3.05, 3.63) is 0 Å². The van der Waals surface area contributed by atoms with Gasteiger partial charge in [-0.15, -0.1) is 0 Å². The molecule has 0 radical (unpaired) electrons. The van der Waals surface area contributed by atoms with Crippen molar-refractivity contribution in [1.29, 1.82) is 0 Å². The van der Waals surface area contributed by atoms with Gasteiger partial charge in [-0.2, -0.15) is 0 Å². The first-order valence-electron chi connectivity index (χ1n) is 11.0. The van der Waals surface area contributed by atoms with Crippen molar-refractivity contribution in [1.82, 2.24) is 0 Å². The molecule has 7 rings (SSSR count). The highest BCUT2D eigenvalue weighted by molar-refractivity contribution is 5.20. The molecule has 1 nitrogen and oxygen atoms in total. The number of aliphatic hydroxyl groups is 1. The first-order chi connectivity index (χ1) is 11.3. The van der Waals surface area contributed by atoms with E-state index < -0.39 is 5.60 Å². The molecule has 136 valence electrons. The molecule has 0 amide bonds. The molecule has 7 aliphatic rings. The van der Waals surface area contributed by atoms with Crippen LogP contribution in [0.3, 0.4) is 0 Å². The lowest BCUT2D eigenvalue weighted by atomic mass is 9.35. The van der Waals surface area contributed by atoms with Gasteiger partial charge in [0, 0.05) is 10.8 Å². The maximum absolute atomic E-state index is 12.8. The molecule has 24 heavy (non-hydrogen) atoms. The quantitative estimate of drug-likeness (QED) is 0.663. The van der Waals surface area contributed by atoms with Crippen molar-refractivity contribution in [3.8, 4) is 0 Å². The van der Waals surface area contributed by atoms with Gasteiger partial charge in [-0.05, 0) is 106 Å². The average molecular weight is 331 g/mol. The Morgan fingerprint density at radius 2 is 1.08 bits per heavy atom. The first-order valence-corrected chi connectivity index (χ1v) is 11.0. The van der Waals surface area contributed by atoms with Gasteiger partial charge in [0.25, 0.3) is 0 Å². The molecule has 0 aromatic carbocycles. The average Bonchev–Trinajstić information content (AvgIpc) is 2.53. The van der Waals surface area contributed by atoms with E-state index in [-0.39, 0.29) is 16.2 Å². The Labute approximate surface area is 149 Å². The van der Waals surface area contributed by atoms with Crippen LogP contribution >= 0.6 is 0 Å². The summed E-state index contributed by atoms with van der Waals surface area (Å²) < 4.78 is 0. The number of rotatable bonds is 2. The van der Waals surface area contributed by atoms with Crippen LogP contribution in [0, 0.1) is 39.9 Å². The molecule has 1 N–H and O–H groups in total. The van der Waals surface area contributed by atoms with Gasteiger partial charge in [0.15, 0.2) is 0 Å². The molecule has 1 atom stereocenters. The van der Waals surface area contributed by atoms with E-state index in [1.807, 2.05) is 0 Å². The molecule has 1 heteroatoms. The summed E-state index contributed by atoms with van der Waals surface area (Å²) in [5, 5.41) is 12.8. The Hall–Kier alpha value is -0.0400. The van der Waals surface area contributed by atoms with E-state index in [1.54, 1.807) is 0 Å². The maximum atomic E-state index is 12.8. The minimum Gasteiger partial charge on any atom is -0.388 e. The van der Waals surface area contributed by atoms with E-state index in [2.05, 4.69) is 20.8 Å². The lowest BCUT2D eigenvalue weighted by Crippen LogP contribution is -2.71. The van der Waals surface area contributed by atoms with Crippen LogP contribution in [0.2, 0.25) is 0 Å². The van der Waals surface area contributed by atoms with Crippen LogP contribution < -0.4 is 0 Å². The molecular weight excluding hydrogens is 292 g/mol. The number of hydrogen-bond acceptors (Lipinski definition) is 1. The minimum absolute atomic E-state index is 0.00282. The Kier molecular flexibility index (Phi) is 3.24. The summed E-state index contributed by atoms with van der Waals surface area (Å²) in [5.74, 6) is 3.77. The fraction of sp³-hybridized carbons (Fsp3) is 1.00. The highest BCUT2D eigenvalue weighted by atomic mass is 16.3. The Bertz CT molecular complexity index is 470. The first kappa shape index (κ1) is 16.2. The second-order valence-corrected chi connectivity index (χ2v) is 11.9. The standard InChI is InChI=1S/C23H38O/c1-20(2,3)23(24,21-7-4-16(5-8-21)6-9-21)22-13-17-10-18(14-22)12-19(11-17)15-22/h16-19,24H,4-15H2,1-3H3. The number of fused-ring (bicyclic) bond motifs is 3. The van der Waals surface area contributed by atoms with Crippen LogP contribution in [0.1, 0.15) is 97.8 Å². The number of hydrogen-bond donors (Lipinski definition) is 1. The van der Waals surface area contributed by atoms with Crippen LogP contribution in [0.25, 0.3) is 0 Å². The third-order valence-corrected chi connectivity index (χ3v) is 9.75. The van der Waals surface area contributed by atoms with Crippen LogP contribution in [-0.2, 0) is 0 Å². The van der Waals surface area contributed by atoms with E-state index in [9.17, 15) is 5.11 Å². The third-order valence-electron chi connectivity index (χ3n) is 9.75. The van der Waals surface area contributed by atoms with Gasteiger partial charge in [-0.25, -0.2) is 0 Å². The smallest absolute Gasteiger partial charge is 0.0807 e. The zero-order valence-corrected chi connectivity index (χ0v) is 16.2. The van der Waals surface area contributed by atoms with Gasteiger partial charge in [-0.3, -0.25) is 0 Å². The summed E-state index contributed by atoms with van der Waals surface area (Å²) in [6, 6.07) is 0. The van der Waals surface area contributed by atoms with Gasteiger partial charge < -0.3 is 5.11 Å². The van der Waals surface area contributed by atoms with Crippen molar-refractivity contribution < 1.29 is 5.11 Å². The zero-order chi connectivity index (χ0) is 16.8. The van der Waals surface area contributed by atoms with E-state index in [1.165, 1.54) is 77.0 Å². The van der Waals surface area contributed by atoms with E-state index in [4.69, 9.17) is 0 Å². The summed E-state index contributed by atoms with van der Waals surface area (Å²) in [5.41, 5.74) is 0.0209. The molecule has 7 fully saturated rings. The molecule has 7 saturated carbocycles. The summed E-state index contributed by atoms with van der Waals surface area (Å²) in [6.07, 6.45) is 16.6. The predicted octanol–water partition coefficient (Wildman–Crippen LogP) is 5.95. The molecular formula is C23H38O. The third kappa shape index (κ3) is 1.86. The van der Waals surface area contributed by atoms with Crippen LogP contribution in [0.15, 0.2) is 0 Å². The summed E-state index contributed by atoms with van der Waals surface area (Å²) >= 11 is 0. The van der Waals surface area contributed by atoms with E-state index in [0.717, 1.165) is 23.7 Å². The van der Waals surface area contributed by atoms with Gasteiger partial charge in [-0.1, -0.05) is 20.8 Å². The molecule has 6 bridgehead atoms. The van der Waals surface area contributed by atoms with Crippen molar-refractivity contribution in [2.75, 3.05) is 0 Å². The highest BCUT2D eigenvalue weighted by Gasteiger charge is 2.70. The molecule has 0 aromatic heterocycles. The van der Waals surface area contributed by atoms with Gasteiger partial charge in [0.1, 0.15) is 0 Å². The molecule has 0 spiro atoms.